The molecule has 168 valence electrons. The number of anilines is 2. The highest BCUT2D eigenvalue weighted by Gasteiger charge is 2.24. The van der Waals surface area contributed by atoms with E-state index >= 15 is 0 Å². The summed E-state index contributed by atoms with van der Waals surface area (Å²) in [6.07, 6.45) is 0. The molecule has 4 rings (SSSR count). The van der Waals surface area contributed by atoms with Gasteiger partial charge >= 0.3 is 6.03 Å². The molecule has 3 aromatic rings. The average molecular weight is 438 g/mol. The molecule has 2 amide bonds. The van der Waals surface area contributed by atoms with E-state index in [-0.39, 0.29) is 6.03 Å². The number of ether oxygens (including phenoxy) is 3. The Morgan fingerprint density at radius 3 is 2.25 bits per heavy atom. The molecule has 0 radical (unpaired) electrons. The number of hydrogen-bond acceptors (Lipinski definition) is 7. The number of urea groups is 1. The normalized spacial score (nSPS) is 13.8. The van der Waals surface area contributed by atoms with Crippen molar-refractivity contribution in [3.8, 4) is 17.4 Å². The van der Waals surface area contributed by atoms with Crippen LogP contribution in [0.1, 0.15) is 5.56 Å². The van der Waals surface area contributed by atoms with Crippen LogP contribution in [0.15, 0.2) is 36.4 Å². The SMILES string of the molecule is COc1cc(OC)cc(N2CCN(C(=O)Nc3nc4cccc(C)c4nc3OC)CC2)c1. The van der Waals surface area contributed by atoms with E-state index in [1.165, 1.54) is 7.11 Å². The Balaban J connectivity index is 1.45. The third-order valence-corrected chi connectivity index (χ3v) is 5.55. The summed E-state index contributed by atoms with van der Waals surface area (Å²) in [4.78, 5) is 26.0. The predicted octanol–water partition coefficient (Wildman–Crippen LogP) is 3.32. The quantitative estimate of drug-likeness (QED) is 0.655. The standard InChI is InChI=1S/C23H27N5O4/c1-15-6-5-7-19-20(15)25-22(32-4)21(24-19)26-23(29)28-10-8-27(9-11-28)16-12-17(30-2)14-18(13-16)31-3/h5-7,12-14H,8-11H2,1-4H3,(H,24,26,29). The van der Waals surface area contributed by atoms with Gasteiger partial charge in [-0.15, -0.1) is 0 Å². The van der Waals surface area contributed by atoms with Crippen molar-refractivity contribution < 1.29 is 19.0 Å². The van der Waals surface area contributed by atoms with Crippen molar-refractivity contribution in [2.75, 3.05) is 57.7 Å². The van der Waals surface area contributed by atoms with E-state index in [4.69, 9.17) is 14.2 Å². The minimum absolute atomic E-state index is 0.229. The van der Waals surface area contributed by atoms with Gasteiger partial charge in [0.1, 0.15) is 11.5 Å². The minimum atomic E-state index is -0.229. The van der Waals surface area contributed by atoms with Crippen molar-refractivity contribution in [1.29, 1.82) is 0 Å². The molecule has 0 atom stereocenters. The number of nitrogens with one attached hydrogen (secondary N) is 1. The van der Waals surface area contributed by atoms with Gasteiger partial charge in [0.05, 0.1) is 32.4 Å². The Kier molecular flexibility index (Phi) is 6.16. The average Bonchev–Trinajstić information content (AvgIpc) is 2.83. The zero-order valence-electron chi connectivity index (χ0n) is 18.7. The molecule has 0 unspecified atom stereocenters. The largest absolute Gasteiger partial charge is 0.497 e. The number of methoxy groups -OCH3 is 3. The van der Waals surface area contributed by atoms with Crippen LogP contribution in [0.25, 0.3) is 11.0 Å². The van der Waals surface area contributed by atoms with Gasteiger partial charge in [-0.25, -0.2) is 14.8 Å². The zero-order chi connectivity index (χ0) is 22.7. The molecule has 32 heavy (non-hydrogen) atoms. The number of aromatic nitrogens is 2. The van der Waals surface area contributed by atoms with Crippen molar-refractivity contribution in [2.45, 2.75) is 6.92 Å². The second-order valence-electron chi connectivity index (χ2n) is 7.50. The molecular formula is C23H27N5O4. The van der Waals surface area contributed by atoms with Crippen LogP contribution in [-0.2, 0) is 0 Å². The topological polar surface area (TPSA) is 89.1 Å². The smallest absolute Gasteiger partial charge is 0.323 e. The number of nitrogens with zero attached hydrogens (tertiary/aromatic N) is 4. The fraction of sp³-hybridized carbons (Fsp3) is 0.348. The second-order valence-corrected chi connectivity index (χ2v) is 7.50. The van der Waals surface area contributed by atoms with Gasteiger partial charge in [-0.2, -0.15) is 0 Å². The van der Waals surface area contributed by atoms with Crippen molar-refractivity contribution in [3.05, 3.63) is 42.0 Å². The van der Waals surface area contributed by atoms with Crippen LogP contribution in [0.4, 0.5) is 16.3 Å². The molecule has 1 aliphatic rings. The molecule has 2 heterocycles. The Morgan fingerprint density at radius 1 is 0.938 bits per heavy atom. The van der Waals surface area contributed by atoms with Crippen LogP contribution >= 0.6 is 0 Å². The van der Waals surface area contributed by atoms with Gasteiger partial charge in [0.25, 0.3) is 5.88 Å². The van der Waals surface area contributed by atoms with Gasteiger partial charge in [0.2, 0.25) is 0 Å². The van der Waals surface area contributed by atoms with Crippen LogP contribution in [0, 0.1) is 6.92 Å². The number of carbonyl (C=O) groups is 1. The highest BCUT2D eigenvalue weighted by molar-refractivity contribution is 5.91. The first-order valence-corrected chi connectivity index (χ1v) is 10.4. The lowest BCUT2D eigenvalue weighted by molar-refractivity contribution is 0.208. The van der Waals surface area contributed by atoms with Crippen molar-refractivity contribution >= 4 is 28.6 Å². The lowest BCUT2D eigenvalue weighted by atomic mass is 10.2. The molecule has 2 aromatic carbocycles. The Morgan fingerprint density at radius 2 is 1.62 bits per heavy atom. The molecule has 9 heteroatoms. The molecule has 0 bridgehead atoms. The van der Waals surface area contributed by atoms with Crippen LogP contribution in [0.2, 0.25) is 0 Å². The number of para-hydroxylation sites is 1. The van der Waals surface area contributed by atoms with E-state index in [0.717, 1.165) is 28.3 Å². The summed E-state index contributed by atoms with van der Waals surface area (Å²) in [5.74, 6) is 2.08. The lowest BCUT2D eigenvalue weighted by Crippen LogP contribution is -2.50. The van der Waals surface area contributed by atoms with Crippen molar-refractivity contribution in [3.63, 3.8) is 0 Å². The van der Waals surface area contributed by atoms with E-state index in [1.54, 1.807) is 19.1 Å². The summed E-state index contributed by atoms with van der Waals surface area (Å²) in [5.41, 5.74) is 3.46. The minimum Gasteiger partial charge on any atom is -0.497 e. The molecule has 0 saturated carbocycles. The van der Waals surface area contributed by atoms with Gasteiger partial charge in [-0.1, -0.05) is 12.1 Å². The molecule has 1 fully saturated rings. The van der Waals surface area contributed by atoms with Crippen LogP contribution in [0.5, 0.6) is 17.4 Å². The summed E-state index contributed by atoms with van der Waals surface area (Å²) in [5, 5.41) is 2.86. The van der Waals surface area contributed by atoms with E-state index in [1.807, 2.05) is 43.3 Å². The van der Waals surface area contributed by atoms with Crippen molar-refractivity contribution in [2.24, 2.45) is 0 Å². The number of piperazine rings is 1. The summed E-state index contributed by atoms with van der Waals surface area (Å²) in [6, 6.07) is 11.3. The second kappa shape index (κ2) is 9.17. The van der Waals surface area contributed by atoms with E-state index in [2.05, 4.69) is 20.2 Å². The fourth-order valence-corrected chi connectivity index (χ4v) is 3.75. The third-order valence-electron chi connectivity index (χ3n) is 5.55. The highest BCUT2D eigenvalue weighted by Crippen LogP contribution is 2.29. The molecule has 9 nitrogen and oxygen atoms in total. The fourth-order valence-electron chi connectivity index (χ4n) is 3.75. The lowest BCUT2D eigenvalue weighted by Gasteiger charge is -2.36. The third kappa shape index (κ3) is 4.32. The van der Waals surface area contributed by atoms with E-state index in [0.29, 0.717) is 43.4 Å². The molecule has 1 N–H and O–H groups in total. The van der Waals surface area contributed by atoms with Gasteiger partial charge in [0, 0.05) is 50.1 Å². The maximum Gasteiger partial charge on any atom is 0.323 e. The number of aryl methyl sites for hydroxylation is 1. The van der Waals surface area contributed by atoms with Gasteiger partial charge in [-0.3, -0.25) is 5.32 Å². The first-order valence-electron chi connectivity index (χ1n) is 10.4. The Hall–Kier alpha value is -3.75. The first kappa shape index (κ1) is 21.5. The number of carbonyl (C=O) groups excluding carboxylic acids is 1. The summed E-state index contributed by atoms with van der Waals surface area (Å²) < 4.78 is 16.1. The number of benzene rings is 2. The van der Waals surface area contributed by atoms with Crippen LogP contribution in [0.3, 0.4) is 0 Å². The van der Waals surface area contributed by atoms with E-state index < -0.39 is 0 Å². The summed E-state index contributed by atoms with van der Waals surface area (Å²) >= 11 is 0. The van der Waals surface area contributed by atoms with Gasteiger partial charge in [0.15, 0.2) is 5.82 Å². The maximum atomic E-state index is 12.9. The Labute approximate surface area is 186 Å². The molecular weight excluding hydrogens is 410 g/mol. The maximum absolute atomic E-state index is 12.9. The highest BCUT2D eigenvalue weighted by atomic mass is 16.5. The number of fused-ring (bicyclic) bond motifs is 1. The molecule has 1 aromatic heterocycles. The van der Waals surface area contributed by atoms with E-state index in [9.17, 15) is 4.79 Å². The molecule has 0 spiro atoms. The number of rotatable bonds is 5. The van der Waals surface area contributed by atoms with Gasteiger partial charge in [-0.05, 0) is 18.6 Å². The predicted molar refractivity (Wildman–Crippen MR) is 123 cm³/mol. The zero-order valence-corrected chi connectivity index (χ0v) is 18.7. The van der Waals surface area contributed by atoms with Crippen LogP contribution < -0.4 is 24.4 Å². The summed E-state index contributed by atoms with van der Waals surface area (Å²) in [6.45, 7) is 4.46. The first-order chi connectivity index (χ1) is 15.5. The van der Waals surface area contributed by atoms with Crippen molar-refractivity contribution in [1.82, 2.24) is 14.9 Å². The Bertz CT molecular complexity index is 1110. The molecule has 1 saturated heterocycles. The van der Waals surface area contributed by atoms with Crippen LogP contribution in [-0.4, -0.2) is 68.4 Å². The molecule has 0 aliphatic carbocycles. The molecule has 1 aliphatic heterocycles. The summed E-state index contributed by atoms with van der Waals surface area (Å²) in [7, 11) is 4.78. The monoisotopic (exact) mass is 437 g/mol. The number of amides is 2. The van der Waals surface area contributed by atoms with Gasteiger partial charge < -0.3 is 24.0 Å². The number of hydrogen-bond donors (Lipinski definition) is 1.